The molecule has 0 bridgehead atoms. The van der Waals surface area contributed by atoms with Crippen molar-refractivity contribution < 1.29 is 22.6 Å². The zero-order valence-corrected chi connectivity index (χ0v) is 16.1. The minimum atomic E-state index is -4.48. The highest BCUT2D eigenvalue weighted by Gasteiger charge is 2.31. The highest BCUT2D eigenvalue weighted by Crippen LogP contribution is 2.33. The van der Waals surface area contributed by atoms with Crippen molar-refractivity contribution in [2.75, 3.05) is 45.3 Å². The maximum absolute atomic E-state index is 12.8. The number of nitrogens with one attached hydrogen (secondary N) is 1. The van der Waals surface area contributed by atoms with Crippen LogP contribution in [-0.4, -0.2) is 49.8 Å². The quantitative estimate of drug-likeness (QED) is 0.764. The van der Waals surface area contributed by atoms with Crippen LogP contribution in [0.5, 0.6) is 5.75 Å². The van der Waals surface area contributed by atoms with E-state index in [9.17, 15) is 13.2 Å². The Morgan fingerprint density at radius 3 is 2.50 bits per heavy atom. The van der Waals surface area contributed by atoms with Crippen LogP contribution >= 0.6 is 11.6 Å². The van der Waals surface area contributed by atoms with Crippen molar-refractivity contribution in [1.82, 2.24) is 9.88 Å². The van der Waals surface area contributed by atoms with Crippen molar-refractivity contribution in [2.24, 2.45) is 0 Å². The number of rotatable bonds is 6. The second kappa shape index (κ2) is 8.98. The average Bonchev–Trinajstić information content (AvgIpc) is 2.69. The van der Waals surface area contributed by atoms with Crippen molar-refractivity contribution in [2.45, 2.75) is 12.2 Å². The average molecular weight is 416 g/mol. The summed E-state index contributed by atoms with van der Waals surface area (Å²) in [4.78, 5) is 6.12. The van der Waals surface area contributed by atoms with Crippen LogP contribution < -0.4 is 10.1 Å². The molecule has 1 fully saturated rings. The van der Waals surface area contributed by atoms with E-state index in [0.29, 0.717) is 19.8 Å². The van der Waals surface area contributed by atoms with Gasteiger partial charge in [0, 0.05) is 25.8 Å². The van der Waals surface area contributed by atoms with Gasteiger partial charge >= 0.3 is 6.18 Å². The molecule has 1 saturated heterocycles. The predicted octanol–water partition coefficient (Wildman–Crippen LogP) is 4.25. The number of pyridine rings is 1. The second-order valence-electron chi connectivity index (χ2n) is 6.37. The van der Waals surface area contributed by atoms with Crippen LogP contribution in [0.3, 0.4) is 0 Å². The summed E-state index contributed by atoms with van der Waals surface area (Å²) >= 11 is 6.02. The third-order valence-electron chi connectivity index (χ3n) is 4.62. The van der Waals surface area contributed by atoms with E-state index in [-0.39, 0.29) is 16.9 Å². The molecule has 5 nitrogen and oxygen atoms in total. The zero-order chi connectivity index (χ0) is 20.1. The number of aromatic nitrogens is 1. The van der Waals surface area contributed by atoms with Gasteiger partial charge in [0.15, 0.2) is 0 Å². The largest absolute Gasteiger partial charge is 0.497 e. The minimum absolute atomic E-state index is 0.0186. The monoisotopic (exact) mass is 415 g/mol. The van der Waals surface area contributed by atoms with Gasteiger partial charge in [-0.1, -0.05) is 23.7 Å². The van der Waals surface area contributed by atoms with Gasteiger partial charge in [0.25, 0.3) is 0 Å². The maximum atomic E-state index is 12.8. The molecule has 1 aliphatic heterocycles. The Morgan fingerprint density at radius 1 is 1.25 bits per heavy atom. The van der Waals surface area contributed by atoms with Crippen molar-refractivity contribution in [3.05, 3.63) is 52.7 Å². The summed E-state index contributed by atoms with van der Waals surface area (Å²) in [7, 11) is 1.61. The van der Waals surface area contributed by atoms with Gasteiger partial charge in [-0.05, 0) is 23.8 Å². The summed E-state index contributed by atoms with van der Waals surface area (Å²) in [6.07, 6.45) is -3.69. The van der Waals surface area contributed by atoms with Crippen molar-refractivity contribution >= 4 is 17.4 Å². The summed E-state index contributed by atoms with van der Waals surface area (Å²) < 4.78 is 49.0. The topological polar surface area (TPSA) is 46.6 Å². The molecule has 152 valence electrons. The molecule has 1 N–H and O–H groups in total. The molecule has 2 heterocycles. The molecular formula is C19H21ClF3N3O2. The van der Waals surface area contributed by atoms with Crippen LogP contribution in [0.1, 0.15) is 17.2 Å². The lowest BCUT2D eigenvalue weighted by molar-refractivity contribution is -0.137. The smallest absolute Gasteiger partial charge is 0.417 e. The summed E-state index contributed by atoms with van der Waals surface area (Å²) in [6.45, 7) is 3.21. The first-order valence-electron chi connectivity index (χ1n) is 8.81. The number of methoxy groups -OCH3 is 1. The summed E-state index contributed by atoms with van der Waals surface area (Å²) in [5.41, 5.74) is 0.182. The molecule has 28 heavy (non-hydrogen) atoms. The molecule has 0 radical (unpaired) electrons. The molecule has 0 aliphatic carbocycles. The van der Waals surface area contributed by atoms with E-state index >= 15 is 0 Å². The van der Waals surface area contributed by atoms with Gasteiger partial charge in [0.2, 0.25) is 0 Å². The molecule has 1 atom stereocenters. The van der Waals surface area contributed by atoms with Gasteiger partial charge in [0.05, 0.1) is 37.0 Å². The first kappa shape index (κ1) is 20.7. The second-order valence-corrected chi connectivity index (χ2v) is 6.78. The van der Waals surface area contributed by atoms with E-state index in [4.69, 9.17) is 21.1 Å². The van der Waals surface area contributed by atoms with Crippen LogP contribution in [0.25, 0.3) is 0 Å². The van der Waals surface area contributed by atoms with E-state index in [1.165, 1.54) is 0 Å². The molecule has 1 aromatic heterocycles. The fraction of sp³-hybridized carbons (Fsp3) is 0.421. The van der Waals surface area contributed by atoms with Gasteiger partial charge in [-0.3, -0.25) is 4.90 Å². The van der Waals surface area contributed by atoms with Gasteiger partial charge in [-0.25, -0.2) is 4.98 Å². The number of morpholine rings is 1. The van der Waals surface area contributed by atoms with Gasteiger partial charge in [0.1, 0.15) is 11.6 Å². The fourth-order valence-electron chi connectivity index (χ4n) is 3.09. The Labute approximate surface area is 166 Å². The van der Waals surface area contributed by atoms with Crippen molar-refractivity contribution in [3.63, 3.8) is 0 Å². The highest BCUT2D eigenvalue weighted by molar-refractivity contribution is 6.32. The number of benzene rings is 1. The third kappa shape index (κ3) is 5.06. The number of anilines is 1. The van der Waals surface area contributed by atoms with Crippen molar-refractivity contribution in [3.8, 4) is 5.75 Å². The predicted molar refractivity (Wildman–Crippen MR) is 101 cm³/mol. The number of hydrogen-bond donors (Lipinski definition) is 1. The van der Waals surface area contributed by atoms with Crippen LogP contribution in [-0.2, 0) is 10.9 Å². The molecule has 3 rings (SSSR count). The number of alkyl halides is 3. The first-order chi connectivity index (χ1) is 13.4. The number of ether oxygens (including phenoxy) is 2. The molecule has 9 heteroatoms. The van der Waals surface area contributed by atoms with Crippen molar-refractivity contribution in [1.29, 1.82) is 0 Å². The summed E-state index contributed by atoms with van der Waals surface area (Å²) in [5, 5.41) is 3.03. The van der Waals surface area contributed by atoms with Gasteiger partial charge < -0.3 is 14.8 Å². The lowest BCUT2D eigenvalue weighted by Gasteiger charge is -2.35. The number of halogens is 4. The van der Waals surface area contributed by atoms with E-state index in [2.05, 4.69) is 15.2 Å². The van der Waals surface area contributed by atoms with Gasteiger partial charge in [-0.2, -0.15) is 13.2 Å². The lowest BCUT2D eigenvalue weighted by Crippen LogP contribution is -2.41. The van der Waals surface area contributed by atoms with E-state index in [0.717, 1.165) is 36.7 Å². The molecule has 0 saturated carbocycles. The van der Waals surface area contributed by atoms with Crippen LogP contribution in [0.15, 0.2) is 36.5 Å². The van der Waals surface area contributed by atoms with E-state index in [1.54, 1.807) is 7.11 Å². The Hall–Kier alpha value is -2.03. The minimum Gasteiger partial charge on any atom is -0.497 e. The third-order valence-corrected chi connectivity index (χ3v) is 4.91. The van der Waals surface area contributed by atoms with E-state index in [1.807, 2.05) is 24.3 Å². The molecule has 2 aromatic rings. The number of hydrogen-bond acceptors (Lipinski definition) is 5. The maximum Gasteiger partial charge on any atom is 0.417 e. The Balaban J connectivity index is 1.77. The Kier molecular flexibility index (Phi) is 6.64. The lowest BCUT2D eigenvalue weighted by atomic mass is 10.0. The zero-order valence-electron chi connectivity index (χ0n) is 15.3. The highest BCUT2D eigenvalue weighted by atomic mass is 35.5. The summed E-state index contributed by atoms with van der Waals surface area (Å²) in [5.74, 6) is 0.978. The summed E-state index contributed by atoms with van der Waals surface area (Å²) in [6, 6.07) is 8.58. The normalized spacial score (nSPS) is 16.6. The Bertz CT molecular complexity index is 781. The molecule has 0 spiro atoms. The SMILES string of the molecule is COc1ccc(C(CNc2ncc(C(F)(F)F)cc2Cl)N2CCOCC2)cc1. The van der Waals surface area contributed by atoms with E-state index < -0.39 is 11.7 Å². The number of nitrogens with zero attached hydrogens (tertiary/aromatic N) is 2. The molecule has 1 unspecified atom stereocenters. The standard InChI is InChI=1S/C19H21ClF3N3O2/c1-27-15-4-2-13(3-5-15)17(26-6-8-28-9-7-26)12-25-18-16(20)10-14(11-24-18)19(21,22)23/h2-5,10-11,17H,6-9,12H2,1H3,(H,24,25). The first-order valence-corrected chi connectivity index (χ1v) is 9.18. The van der Waals surface area contributed by atoms with Gasteiger partial charge in [-0.15, -0.1) is 0 Å². The molecular weight excluding hydrogens is 395 g/mol. The van der Waals surface area contributed by atoms with Crippen LogP contribution in [0, 0.1) is 0 Å². The fourth-order valence-corrected chi connectivity index (χ4v) is 3.32. The Morgan fingerprint density at radius 2 is 1.93 bits per heavy atom. The molecule has 0 amide bonds. The molecule has 1 aromatic carbocycles. The molecule has 1 aliphatic rings. The van der Waals surface area contributed by atoms with Crippen LogP contribution in [0.4, 0.5) is 19.0 Å². The van der Waals surface area contributed by atoms with Crippen LogP contribution in [0.2, 0.25) is 5.02 Å².